The molecular formula is C19H25N3O2. The fraction of sp³-hybridized carbons (Fsp3) is 0.474. The Bertz CT molecular complexity index is 621. The summed E-state index contributed by atoms with van der Waals surface area (Å²) in [7, 11) is 0. The van der Waals surface area contributed by atoms with Gasteiger partial charge in [-0.1, -0.05) is 18.9 Å². The standard InChI is InChI=1S/C19H25N3O2/c1-15(19(23)21-16-7-2-3-8-16)22(14-18-10-6-12-24-18)13-17-9-4-5-11-20-17/h4-6,9-12,15-16H,2-3,7-8,13-14H2,1H3,(H,21,23). The van der Waals surface area contributed by atoms with Crippen LogP contribution in [-0.4, -0.2) is 27.9 Å². The first kappa shape index (κ1) is 16.7. The molecule has 1 fully saturated rings. The van der Waals surface area contributed by atoms with Crippen molar-refractivity contribution in [3.8, 4) is 0 Å². The Morgan fingerprint density at radius 2 is 2.12 bits per heavy atom. The van der Waals surface area contributed by atoms with Gasteiger partial charge in [-0.05, 0) is 44.0 Å². The molecule has 2 aromatic heterocycles. The fourth-order valence-corrected chi connectivity index (χ4v) is 3.19. The molecule has 128 valence electrons. The molecule has 3 rings (SSSR count). The van der Waals surface area contributed by atoms with E-state index >= 15 is 0 Å². The zero-order valence-electron chi connectivity index (χ0n) is 14.1. The number of furan rings is 1. The van der Waals surface area contributed by atoms with Crippen molar-refractivity contribution in [2.24, 2.45) is 0 Å². The van der Waals surface area contributed by atoms with Crippen molar-refractivity contribution in [3.63, 3.8) is 0 Å². The number of pyridine rings is 1. The minimum atomic E-state index is -0.238. The quantitative estimate of drug-likeness (QED) is 0.849. The third-order valence-electron chi connectivity index (χ3n) is 4.66. The van der Waals surface area contributed by atoms with Gasteiger partial charge in [0.15, 0.2) is 0 Å². The van der Waals surface area contributed by atoms with E-state index in [1.54, 1.807) is 12.5 Å². The molecule has 2 heterocycles. The lowest BCUT2D eigenvalue weighted by Crippen LogP contribution is -2.47. The van der Waals surface area contributed by atoms with Crippen molar-refractivity contribution in [1.82, 2.24) is 15.2 Å². The van der Waals surface area contributed by atoms with Crippen LogP contribution in [0.2, 0.25) is 0 Å². The minimum absolute atomic E-state index is 0.0874. The van der Waals surface area contributed by atoms with E-state index in [9.17, 15) is 4.79 Å². The Morgan fingerprint density at radius 1 is 1.29 bits per heavy atom. The summed E-state index contributed by atoms with van der Waals surface area (Å²) < 4.78 is 5.47. The van der Waals surface area contributed by atoms with E-state index in [1.165, 1.54) is 12.8 Å². The maximum Gasteiger partial charge on any atom is 0.237 e. The predicted octanol–water partition coefficient (Wildman–Crippen LogP) is 3.12. The maximum atomic E-state index is 12.7. The maximum absolute atomic E-state index is 12.7. The van der Waals surface area contributed by atoms with Crippen LogP contribution < -0.4 is 5.32 Å². The number of nitrogens with one attached hydrogen (secondary N) is 1. The molecule has 1 unspecified atom stereocenters. The SMILES string of the molecule is CC(C(=O)NC1CCCC1)N(Cc1ccccn1)Cc1ccco1. The molecule has 0 aliphatic heterocycles. The van der Waals surface area contributed by atoms with Crippen molar-refractivity contribution in [2.45, 2.75) is 57.8 Å². The number of amides is 1. The predicted molar refractivity (Wildman–Crippen MR) is 92.1 cm³/mol. The molecule has 0 aromatic carbocycles. The van der Waals surface area contributed by atoms with E-state index in [0.29, 0.717) is 19.1 Å². The van der Waals surface area contributed by atoms with Crippen LogP contribution in [0.15, 0.2) is 47.2 Å². The normalized spacial score (nSPS) is 16.4. The number of aromatic nitrogens is 1. The van der Waals surface area contributed by atoms with Crippen molar-refractivity contribution in [1.29, 1.82) is 0 Å². The lowest BCUT2D eigenvalue weighted by molar-refractivity contribution is -0.127. The van der Waals surface area contributed by atoms with E-state index in [-0.39, 0.29) is 11.9 Å². The number of rotatable bonds is 7. The van der Waals surface area contributed by atoms with Crippen LogP contribution in [0.3, 0.4) is 0 Å². The van der Waals surface area contributed by atoms with Crippen molar-refractivity contribution < 1.29 is 9.21 Å². The summed E-state index contributed by atoms with van der Waals surface area (Å²) in [6.07, 6.45) is 8.06. The van der Waals surface area contributed by atoms with E-state index in [4.69, 9.17) is 4.42 Å². The van der Waals surface area contributed by atoms with E-state index < -0.39 is 0 Å². The lowest BCUT2D eigenvalue weighted by Gasteiger charge is -2.28. The fourth-order valence-electron chi connectivity index (χ4n) is 3.19. The van der Waals surface area contributed by atoms with Gasteiger partial charge in [-0.25, -0.2) is 0 Å². The van der Waals surface area contributed by atoms with Gasteiger partial charge < -0.3 is 9.73 Å². The van der Waals surface area contributed by atoms with Crippen LogP contribution in [0.25, 0.3) is 0 Å². The third-order valence-corrected chi connectivity index (χ3v) is 4.66. The smallest absolute Gasteiger partial charge is 0.237 e. The lowest BCUT2D eigenvalue weighted by atomic mass is 10.2. The van der Waals surface area contributed by atoms with Crippen LogP contribution >= 0.6 is 0 Å². The van der Waals surface area contributed by atoms with Crippen molar-refractivity contribution in [2.75, 3.05) is 0 Å². The highest BCUT2D eigenvalue weighted by molar-refractivity contribution is 5.81. The largest absolute Gasteiger partial charge is 0.468 e. The molecule has 1 aliphatic rings. The van der Waals surface area contributed by atoms with E-state index in [1.807, 2.05) is 37.3 Å². The molecule has 1 amide bonds. The van der Waals surface area contributed by atoms with Gasteiger partial charge in [-0.15, -0.1) is 0 Å². The summed E-state index contributed by atoms with van der Waals surface area (Å²) in [6, 6.07) is 9.76. The summed E-state index contributed by atoms with van der Waals surface area (Å²) in [4.78, 5) is 19.1. The average molecular weight is 327 g/mol. The summed E-state index contributed by atoms with van der Waals surface area (Å²) >= 11 is 0. The Hall–Kier alpha value is -2.14. The second kappa shape index (κ2) is 8.11. The van der Waals surface area contributed by atoms with Crippen LogP contribution in [0.1, 0.15) is 44.1 Å². The van der Waals surface area contributed by atoms with Crippen molar-refractivity contribution >= 4 is 5.91 Å². The van der Waals surface area contributed by atoms with Crippen LogP contribution in [0.4, 0.5) is 0 Å². The first-order chi connectivity index (χ1) is 11.7. The Balaban J connectivity index is 1.68. The number of hydrogen-bond donors (Lipinski definition) is 1. The number of hydrogen-bond acceptors (Lipinski definition) is 4. The molecule has 0 saturated heterocycles. The van der Waals surface area contributed by atoms with Gasteiger partial charge in [0.05, 0.1) is 24.5 Å². The highest BCUT2D eigenvalue weighted by Gasteiger charge is 2.26. The molecule has 0 spiro atoms. The Labute approximate surface area is 143 Å². The Morgan fingerprint density at radius 3 is 2.79 bits per heavy atom. The van der Waals surface area contributed by atoms with Crippen LogP contribution in [0.5, 0.6) is 0 Å². The average Bonchev–Trinajstić information content (AvgIpc) is 3.28. The molecule has 1 atom stereocenters. The van der Waals surface area contributed by atoms with Gasteiger partial charge in [0.1, 0.15) is 5.76 Å². The first-order valence-electron chi connectivity index (χ1n) is 8.69. The van der Waals surface area contributed by atoms with E-state index in [0.717, 1.165) is 24.3 Å². The second-order valence-corrected chi connectivity index (χ2v) is 6.47. The van der Waals surface area contributed by atoms with Gasteiger partial charge in [0.2, 0.25) is 5.91 Å². The summed E-state index contributed by atoms with van der Waals surface area (Å²) in [6.45, 7) is 3.15. The van der Waals surface area contributed by atoms with Gasteiger partial charge >= 0.3 is 0 Å². The summed E-state index contributed by atoms with van der Waals surface area (Å²) in [5.41, 5.74) is 0.949. The number of nitrogens with zero attached hydrogens (tertiary/aromatic N) is 2. The molecule has 5 nitrogen and oxygen atoms in total. The summed E-state index contributed by atoms with van der Waals surface area (Å²) in [5.74, 6) is 0.941. The zero-order chi connectivity index (χ0) is 16.8. The molecule has 1 aliphatic carbocycles. The zero-order valence-corrected chi connectivity index (χ0v) is 14.1. The number of carbonyl (C=O) groups excluding carboxylic acids is 1. The van der Waals surface area contributed by atoms with Crippen LogP contribution in [0, 0.1) is 0 Å². The highest BCUT2D eigenvalue weighted by atomic mass is 16.3. The molecule has 24 heavy (non-hydrogen) atoms. The summed E-state index contributed by atoms with van der Waals surface area (Å²) in [5, 5.41) is 3.19. The van der Waals surface area contributed by atoms with Gasteiger partial charge in [0, 0.05) is 18.8 Å². The van der Waals surface area contributed by atoms with Crippen molar-refractivity contribution in [3.05, 3.63) is 54.2 Å². The second-order valence-electron chi connectivity index (χ2n) is 6.47. The minimum Gasteiger partial charge on any atom is -0.468 e. The highest BCUT2D eigenvalue weighted by Crippen LogP contribution is 2.19. The molecule has 0 radical (unpaired) electrons. The van der Waals surface area contributed by atoms with E-state index in [2.05, 4.69) is 15.2 Å². The third kappa shape index (κ3) is 4.45. The molecule has 1 saturated carbocycles. The monoisotopic (exact) mass is 327 g/mol. The molecule has 1 N–H and O–H groups in total. The molecule has 0 bridgehead atoms. The molecule has 5 heteroatoms. The van der Waals surface area contributed by atoms with Gasteiger partial charge in [-0.3, -0.25) is 14.7 Å². The first-order valence-corrected chi connectivity index (χ1v) is 8.69. The van der Waals surface area contributed by atoms with Crippen LogP contribution in [-0.2, 0) is 17.9 Å². The number of carbonyl (C=O) groups is 1. The molecular weight excluding hydrogens is 302 g/mol. The molecule has 2 aromatic rings. The van der Waals surface area contributed by atoms with Gasteiger partial charge in [-0.2, -0.15) is 0 Å². The Kier molecular flexibility index (Phi) is 5.64. The van der Waals surface area contributed by atoms with Gasteiger partial charge in [0.25, 0.3) is 0 Å². The topological polar surface area (TPSA) is 58.4 Å².